The lowest BCUT2D eigenvalue weighted by Gasteiger charge is -2.27. The number of anilines is 1. The van der Waals surface area contributed by atoms with Gasteiger partial charge in [0.1, 0.15) is 6.61 Å². The van der Waals surface area contributed by atoms with Crippen molar-refractivity contribution in [1.29, 1.82) is 0 Å². The van der Waals surface area contributed by atoms with Crippen molar-refractivity contribution in [2.75, 3.05) is 11.9 Å². The van der Waals surface area contributed by atoms with Crippen molar-refractivity contribution >= 4 is 33.0 Å². The van der Waals surface area contributed by atoms with E-state index in [1.807, 2.05) is 18.2 Å². The Morgan fingerprint density at radius 1 is 1.31 bits per heavy atom. The quantitative estimate of drug-likeness (QED) is 0.857. The molecule has 1 unspecified atom stereocenters. The zero-order valence-corrected chi connectivity index (χ0v) is 10.8. The maximum Gasteiger partial charge on any atom is 0.156 e. The van der Waals surface area contributed by atoms with Gasteiger partial charge >= 0.3 is 0 Å². The van der Waals surface area contributed by atoms with E-state index in [4.69, 9.17) is 4.74 Å². The fourth-order valence-corrected chi connectivity index (χ4v) is 3.05. The second-order valence-electron chi connectivity index (χ2n) is 3.64. The van der Waals surface area contributed by atoms with Crippen LogP contribution in [0.25, 0.3) is 0 Å². The summed E-state index contributed by atoms with van der Waals surface area (Å²) in [6.07, 6.45) is 0. The zero-order chi connectivity index (χ0) is 11.0. The Hall–Kier alpha value is -1.00. The van der Waals surface area contributed by atoms with Gasteiger partial charge in [0.15, 0.2) is 5.75 Å². The summed E-state index contributed by atoms with van der Waals surface area (Å²) in [5.41, 5.74) is 1.05. The maximum atomic E-state index is 5.79. The van der Waals surface area contributed by atoms with Gasteiger partial charge in [0, 0.05) is 4.88 Å². The highest BCUT2D eigenvalue weighted by atomic mass is 79.9. The first-order chi connectivity index (χ1) is 7.84. The molecule has 1 atom stereocenters. The normalized spacial score (nSPS) is 18.4. The van der Waals surface area contributed by atoms with Crippen LogP contribution in [0.15, 0.2) is 40.2 Å². The van der Waals surface area contributed by atoms with Crippen LogP contribution in [0, 0.1) is 0 Å². The molecule has 0 radical (unpaired) electrons. The molecular weight excluding hydrogens is 286 g/mol. The van der Waals surface area contributed by atoms with Crippen LogP contribution >= 0.6 is 27.3 Å². The van der Waals surface area contributed by atoms with E-state index in [1.165, 1.54) is 4.88 Å². The summed E-state index contributed by atoms with van der Waals surface area (Å²) in [5, 5.41) is 5.59. The summed E-state index contributed by atoms with van der Waals surface area (Å²) in [5.74, 6) is 0.912. The van der Waals surface area contributed by atoms with Gasteiger partial charge in [-0.05, 0) is 39.5 Å². The topological polar surface area (TPSA) is 21.3 Å². The van der Waals surface area contributed by atoms with Crippen molar-refractivity contribution in [2.24, 2.45) is 0 Å². The average Bonchev–Trinajstić information content (AvgIpc) is 2.82. The van der Waals surface area contributed by atoms with Crippen molar-refractivity contribution in [3.05, 3.63) is 45.1 Å². The van der Waals surface area contributed by atoms with Gasteiger partial charge in [0.2, 0.25) is 0 Å². The highest BCUT2D eigenvalue weighted by Gasteiger charge is 2.22. The zero-order valence-electron chi connectivity index (χ0n) is 8.44. The first kappa shape index (κ1) is 10.2. The summed E-state index contributed by atoms with van der Waals surface area (Å²) in [7, 11) is 0. The van der Waals surface area contributed by atoms with E-state index in [0.29, 0.717) is 6.61 Å². The Labute approximate surface area is 106 Å². The lowest BCUT2D eigenvalue weighted by molar-refractivity contribution is 0.286. The highest BCUT2D eigenvalue weighted by Crippen LogP contribution is 2.39. The van der Waals surface area contributed by atoms with Crippen molar-refractivity contribution in [1.82, 2.24) is 0 Å². The smallest absolute Gasteiger partial charge is 0.156 e. The molecule has 4 heteroatoms. The lowest BCUT2D eigenvalue weighted by Crippen LogP contribution is -2.23. The summed E-state index contributed by atoms with van der Waals surface area (Å²) in [6, 6.07) is 10.5. The van der Waals surface area contributed by atoms with Gasteiger partial charge in [-0.2, -0.15) is 0 Å². The molecule has 2 aromatic rings. The van der Waals surface area contributed by atoms with Gasteiger partial charge < -0.3 is 10.1 Å². The molecule has 1 aliphatic rings. The average molecular weight is 296 g/mol. The van der Waals surface area contributed by atoms with Gasteiger partial charge in [0.25, 0.3) is 0 Å². The third kappa shape index (κ3) is 1.72. The number of fused-ring (bicyclic) bond motifs is 1. The minimum atomic E-state index is 0.266. The molecule has 0 saturated heterocycles. The molecule has 16 heavy (non-hydrogen) atoms. The lowest BCUT2D eigenvalue weighted by atomic mass is 10.2. The van der Waals surface area contributed by atoms with E-state index >= 15 is 0 Å². The monoisotopic (exact) mass is 295 g/mol. The van der Waals surface area contributed by atoms with E-state index in [1.54, 1.807) is 11.3 Å². The molecule has 0 saturated carbocycles. The van der Waals surface area contributed by atoms with Crippen LogP contribution in [0.1, 0.15) is 10.9 Å². The second kappa shape index (κ2) is 4.11. The van der Waals surface area contributed by atoms with Crippen molar-refractivity contribution < 1.29 is 4.74 Å². The Kier molecular flexibility index (Phi) is 2.61. The van der Waals surface area contributed by atoms with Crippen LogP contribution in [0.5, 0.6) is 5.75 Å². The number of hydrogen-bond acceptors (Lipinski definition) is 3. The maximum absolute atomic E-state index is 5.79. The third-order valence-corrected chi connectivity index (χ3v) is 4.19. The fraction of sp³-hybridized carbons (Fsp3) is 0.167. The van der Waals surface area contributed by atoms with Crippen LogP contribution in [-0.2, 0) is 0 Å². The first-order valence-electron chi connectivity index (χ1n) is 5.06. The molecule has 82 valence electrons. The summed E-state index contributed by atoms with van der Waals surface area (Å²) in [6.45, 7) is 0.677. The van der Waals surface area contributed by atoms with Gasteiger partial charge in [0.05, 0.1) is 16.2 Å². The second-order valence-corrected chi connectivity index (χ2v) is 5.47. The molecule has 1 aromatic carbocycles. The number of nitrogens with one attached hydrogen (secondary N) is 1. The van der Waals surface area contributed by atoms with E-state index in [-0.39, 0.29) is 6.04 Å². The number of benzene rings is 1. The van der Waals surface area contributed by atoms with Crippen LogP contribution in [-0.4, -0.2) is 6.61 Å². The van der Waals surface area contributed by atoms with Crippen LogP contribution < -0.4 is 10.1 Å². The number of halogens is 1. The van der Waals surface area contributed by atoms with E-state index in [0.717, 1.165) is 15.9 Å². The van der Waals surface area contributed by atoms with Gasteiger partial charge in [-0.1, -0.05) is 12.1 Å². The van der Waals surface area contributed by atoms with Crippen molar-refractivity contribution in [3.63, 3.8) is 0 Å². The molecule has 0 spiro atoms. The molecule has 2 heterocycles. The highest BCUT2D eigenvalue weighted by molar-refractivity contribution is 9.10. The minimum Gasteiger partial charge on any atom is -0.488 e. The molecule has 0 aliphatic carbocycles. The Morgan fingerprint density at radius 3 is 3.06 bits per heavy atom. The van der Waals surface area contributed by atoms with Crippen LogP contribution in [0.2, 0.25) is 0 Å². The fourth-order valence-electron chi connectivity index (χ4n) is 1.81. The predicted octanol–water partition coefficient (Wildman–Crippen LogP) is 4.06. The Bertz CT molecular complexity index is 498. The SMILES string of the molecule is Brc1cccc2c1OCC(c1cccs1)N2. The van der Waals surface area contributed by atoms with Crippen molar-refractivity contribution in [2.45, 2.75) is 6.04 Å². The minimum absolute atomic E-state index is 0.266. The Morgan fingerprint density at radius 2 is 2.25 bits per heavy atom. The molecule has 1 aromatic heterocycles. The number of para-hydroxylation sites is 1. The first-order valence-corrected chi connectivity index (χ1v) is 6.73. The standard InChI is InChI=1S/C12H10BrNOS/c13-8-3-1-4-9-12(8)15-7-10(14-9)11-5-2-6-16-11/h1-6,10,14H,7H2. The molecule has 0 amide bonds. The Balaban J connectivity index is 1.92. The van der Waals surface area contributed by atoms with Crippen LogP contribution in [0.4, 0.5) is 5.69 Å². The molecule has 1 N–H and O–H groups in total. The van der Waals surface area contributed by atoms with Gasteiger partial charge in [-0.15, -0.1) is 11.3 Å². The molecule has 3 rings (SSSR count). The molecule has 0 fully saturated rings. The summed E-state index contributed by atoms with van der Waals surface area (Å²) in [4.78, 5) is 1.31. The molecular formula is C12H10BrNOS. The number of thiophene rings is 1. The van der Waals surface area contributed by atoms with Crippen LogP contribution in [0.3, 0.4) is 0 Å². The van der Waals surface area contributed by atoms with E-state index < -0.39 is 0 Å². The summed E-state index contributed by atoms with van der Waals surface area (Å²) < 4.78 is 6.79. The van der Waals surface area contributed by atoms with E-state index in [9.17, 15) is 0 Å². The molecule has 0 bridgehead atoms. The van der Waals surface area contributed by atoms with Crippen molar-refractivity contribution in [3.8, 4) is 5.75 Å². The number of rotatable bonds is 1. The van der Waals surface area contributed by atoms with Gasteiger partial charge in [-0.3, -0.25) is 0 Å². The largest absolute Gasteiger partial charge is 0.488 e. The third-order valence-electron chi connectivity index (χ3n) is 2.58. The number of ether oxygens (including phenoxy) is 1. The molecule has 2 nitrogen and oxygen atoms in total. The van der Waals surface area contributed by atoms with Gasteiger partial charge in [-0.25, -0.2) is 0 Å². The van der Waals surface area contributed by atoms with E-state index in [2.05, 4.69) is 38.8 Å². The summed E-state index contributed by atoms with van der Waals surface area (Å²) >= 11 is 5.24. The molecule has 1 aliphatic heterocycles. The number of hydrogen-bond donors (Lipinski definition) is 1. The predicted molar refractivity (Wildman–Crippen MR) is 70.3 cm³/mol.